The molecule has 0 unspecified atom stereocenters. The summed E-state index contributed by atoms with van der Waals surface area (Å²) in [5.41, 5.74) is 3.48. The van der Waals surface area contributed by atoms with E-state index in [1.54, 1.807) is 0 Å². The number of aryl methyl sites for hydroxylation is 1. The highest BCUT2D eigenvalue weighted by Crippen LogP contribution is 2.24. The van der Waals surface area contributed by atoms with E-state index >= 15 is 0 Å². The Balaban J connectivity index is 1.54. The smallest absolute Gasteiger partial charge is 0.258 e. The Morgan fingerprint density at radius 3 is 2.43 bits per heavy atom. The third kappa shape index (κ3) is 5.44. The average Bonchev–Trinajstić information content (AvgIpc) is 3.11. The number of nitrogens with zero attached hydrogens (tertiary/aromatic N) is 2. The first-order chi connectivity index (χ1) is 13.3. The molecule has 0 radical (unpaired) electrons. The fourth-order valence-corrected chi connectivity index (χ4v) is 4.58. The van der Waals surface area contributed by atoms with Gasteiger partial charge >= 0.3 is 0 Å². The molecule has 0 amide bonds. The van der Waals surface area contributed by atoms with E-state index in [0.29, 0.717) is 12.0 Å². The van der Waals surface area contributed by atoms with Gasteiger partial charge in [0.05, 0.1) is 16.4 Å². The van der Waals surface area contributed by atoms with Crippen molar-refractivity contribution in [3.63, 3.8) is 0 Å². The largest absolute Gasteiger partial charge is 0.269 e. The molecule has 1 N–H and O–H groups in total. The van der Waals surface area contributed by atoms with E-state index in [9.17, 15) is 18.5 Å². The molecule has 9 heteroatoms. The second-order valence-electron chi connectivity index (χ2n) is 6.34. The van der Waals surface area contributed by atoms with Crippen LogP contribution >= 0.6 is 11.3 Å². The van der Waals surface area contributed by atoms with E-state index in [2.05, 4.69) is 9.71 Å². The first-order valence-corrected chi connectivity index (χ1v) is 11.1. The van der Waals surface area contributed by atoms with Gasteiger partial charge in [0.15, 0.2) is 0 Å². The molecule has 0 aliphatic heterocycles. The van der Waals surface area contributed by atoms with Gasteiger partial charge in [-0.1, -0.05) is 42.0 Å². The van der Waals surface area contributed by atoms with Gasteiger partial charge in [-0.05, 0) is 12.5 Å². The zero-order chi connectivity index (χ0) is 20.1. The molecule has 2 aromatic carbocycles. The van der Waals surface area contributed by atoms with Crippen molar-refractivity contribution in [1.29, 1.82) is 0 Å². The molecule has 0 saturated carbocycles. The molecule has 1 aromatic heterocycles. The monoisotopic (exact) mass is 417 g/mol. The number of sulfonamides is 1. The maximum Gasteiger partial charge on any atom is 0.269 e. The molecular formula is C19H19N3O4S2. The molecule has 1 heterocycles. The maximum absolute atomic E-state index is 12.2. The number of nitro groups is 1. The number of aromatic nitrogens is 1. The van der Waals surface area contributed by atoms with E-state index in [-0.39, 0.29) is 18.0 Å². The normalized spacial score (nSPS) is 11.5. The molecule has 0 bridgehead atoms. The molecule has 0 atom stereocenters. The lowest BCUT2D eigenvalue weighted by molar-refractivity contribution is -0.384. The van der Waals surface area contributed by atoms with Crippen molar-refractivity contribution in [1.82, 2.24) is 9.71 Å². The number of non-ortho nitro benzene ring substituents is 1. The predicted molar refractivity (Wildman–Crippen MR) is 110 cm³/mol. The topological polar surface area (TPSA) is 102 Å². The maximum atomic E-state index is 12.2. The summed E-state index contributed by atoms with van der Waals surface area (Å²) in [7, 11) is -3.53. The van der Waals surface area contributed by atoms with Gasteiger partial charge in [-0.15, -0.1) is 11.3 Å². The van der Waals surface area contributed by atoms with Gasteiger partial charge in [0.25, 0.3) is 5.69 Å². The molecular weight excluding hydrogens is 398 g/mol. The molecule has 7 nitrogen and oxygen atoms in total. The number of benzene rings is 2. The van der Waals surface area contributed by atoms with E-state index in [4.69, 9.17) is 0 Å². The third-order valence-corrected chi connectivity index (χ3v) is 6.35. The average molecular weight is 418 g/mol. The van der Waals surface area contributed by atoms with Crippen LogP contribution in [0.3, 0.4) is 0 Å². The first kappa shape index (κ1) is 20.1. The molecule has 3 rings (SSSR count). The standard InChI is InChI=1S/C19H19N3O4S2/c1-14-2-6-16(7-3-14)19-21-17(12-27-19)10-11-20-28(25,26)13-15-4-8-18(9-5-15)22(23)24/h2-9,12,20H,10-11,13H2,1H3. The molecule has 146 valence electrons. The lowest BCUT2D eigenvalue weighted by atomic mass is 10.2. The van der Waals surface area contributed by atoms with Crippen LogP contribution in [-0.2, 0) is 22.2 Å². The van der Waals surface area contributed by atoms with Gasteiger partial charge in [0.1, 0.15) is 5.01 Å². The van der Waals surface area contributed by atoms with E-state index in [0.717, 1.165) is 16.3 Å². The van der Waals surface area contributed by atoms with Crippen molar-refractivity contribution < 1.29 is 13.3 Å². The van der Waals surface area contributed by atoms with E-state index < -0.39 is 14.9 Å². The first-order valence-electron chi connectivity index (χ1n) is 8.54. The molecule has 0 aliphatic carbocycles. The van der Waals surface area contributed by atoms with Gasteiger partial charge in [-0.2, -0.15) is 0 Å². The van der Waals surface area contributed by atoms with Gasteiger partial charge in [-0.25, -0.2) is 18.1 Å². The SMILES string of the molecule is Cc1ccc(-c2nc(CCNS(=O)(=O)Cc3ccc([N+](=O)[O-])cc3)cs2)cc1. The van der Waals surface area contributed by atoms with E-state index in [1.807, 2.05) is 36.6 Å². The van der Waals surface area contributed by atoms with Crippen molar-refractivity contribution in [2.45, 2.75) is 19.1 Å². The highest BCUT2D eigenvalue weighted by molar-refractivity contribution is 7.88. The number of hydrogen-bond donors (Lipinski definition) is 1. The molecule has 28 heavy (non-hydrogen) atoms. The summed E-state index contributed by atoms with van der Waals surface area (Å²) < 4.78 is 27.0. The van der Waals surface area contributed by atoms with Crippen molar-refractivity contribution in [3.05, 3.63) is 80.8 Å². The third-order valence-electron chi connectivity index (χ3n) is 4.06. The molecule has 3 aromatic rings. The minimum Gasteiger partial charge on any atom is -0.258 e. The minimum absolute atomic E-state index is 0.0676. The highest BCUT2D eigenvalue weighted by Gasteiger charge is 2.13. The number of rotatable bonds is 8. The van der Waals surface area contributed by atoms with Crippen LogP contribution in [0.1, 0.15) is 16.8 Å². The summed E-state index contributed by atoms with van der Waals surface area (Å²) in [6.07, 6.45) is 0.488. The number of hydrogen-bond acceptors (Lipinski definition) is 6. The molecule has 0 fully saturated rings. The number of nitrogens with one attached hydrogen (secondary N) is 1. The van der Waals surface area contributed by atoms with Gasteiger partial charge in [-0.3, -0.25) is 10.1 Å². The zero-order valence-electron chi connectivity index (χ0n) is 15.2. The van der Waals surface area contributed by atoms with Gasteiger partial charge in [0.2, 0.25) is 10.0 Å². The van der Waals surface area contributed by atoms with Crippen LogP contribution in [0.15, 0.2) is 53.9 Å². The van der Waals surface area contributed by atoms with Crippen molar-refractivity contribution in [3.8, 4) is 10.6 Å². The Labute approximate surface area is 167 Å². The summed E-state index contributed by atoms with van der Waals surface area (Å²) in [6.45, 7) is 2.27. The lowest BCUT2D eigenvalue weighted by Gasteiger charge is -2.06. The molecule has 0 aliphatic rings. The number of nitro benzene ring substituents is 1. The van der Waals surface area contributed by atoms with Crippen LogP contribution in [0.2, 0.25) is 0 Å². The zero-order valence-corrected chi connectivity index (χ0v) is 16.8. The van der Waals surface area contributed by atoms with Crippen LogP contribution in [0.25, 0.3) is 10.6 Å². The Hall–Kier alpha value is -2.62. The van der Waals surface area contributed by atoms with Crippen molar-refractivity contribution >= 4 is 27.0 Å². The molecule has 0 spiro atoms. The van der Waals surface area contributed by atoms with Crippen LogP contribution in [0, 0.1) is 17.0 Å². The summed E-state index contributed by atoms with van der Waals surface area (Å²) in [4.78, 5) is 14.7. The predicted octanol–water partition coefficient (Wildman–Crippen LogP) is 3.69. The fraction of sp³-hybridized carbons (Fsp3) is 0.211. The van der Waals surface area contributed by atoms with Crippen LogP contribution in [-0.4, -0.2) is 24.9 Å². The van der Waals surface area contributed by atoms with Crippen molar-refractivity contribution in [2.24, 2.45) is 0 Å². The Morgan fingerprint density at radius 2 is 1.79 bits per heavy atom. The number of thiazole rings is 1. The summed E-state index contributed by atoms with van der Waals surface area (Å²) in [5, 5.41) is 13.5. The second kappa shape index (κ2) is 8.59. The fourth-order valence-electron chi connectivity index (χ4n) is 2.57. The lowest BCUT2D eigenvalue weighted by Crippen LogP contribution is -2.27. The van der Waals surface area contributed by atoms with Crippen molar-refractivity contribution in [2.75, 3.05) is 6.54 Å². The quantitative estimate of drug-likeness (QED) is 0.445. The van der Waals surface area contributed by atoms with Crippen LogP contribution < -0.4 is 4.72 Å². The van der Waals surface area contributed by atoms with Crippen LogP contribution in [0.4, 0.5) is 5.69 Å². The Bertz CT molecular complexity index is 1060. The van der Waals surface area contributed by atoms with Gasteiger partial charge < -0.3 is 0 Å². The Morgan fingerprint density at radius 1 is 1.11 bits per heavy atom. The summed E-state index contributed by atoms with van der Waals surface area (Å²) >= 11 is 1.53. The van der Waals surface area contributed by atoms with Gasteiger partial charge in [0, 0.05) is 36.0 Å². The van der Waals surface area contributed by atoms with E-state index in [1.165, 1.54) is 41.2 Å². The highest BCUT2D eigenvalue weighted by atomic mass is 32.2. The second-order valence-corrected chi connectivity index (χ2v) is 9.00. The molecule has 0 saturated heterocycles. The Kier molecular flexibility index (Phi) is 6.18. The summed E-state index contributed by atoms with van der Waals surface area (Å²) in [6, 6.07) is 13.6. The summed E-state index contributed by atoms with van der Waals surface area (Å²) in [5.74, 6) is -0.226. The van der Waals surface area contributed by atoms with Crippen LogP contribution in [0.5, 0.6) is 0 Å². The minimum atomic E-state index is -3.53.